The molecule has 1 heterocycles. The molecule has 0 amide bonds. The summed E-state index contributed by atoms with van der Waals surface area (Å²) < 4.78 is 0. The van der Waals surface area contributed by atoms with Crippen molar-refractivity contribution in [3.8, 4) is 0 Å². The van der Waals surface area contributed by atoms with Gasteiger partial charge in [-0.1, -0.05) is 6.58 Å². The monoisotopic (exact) mass is 113 g/mol. The van der Waals surface area contributed by atoms with E-state index in [0.29, 0.717) is 0 Å². The average molecular weight is 113 g/mol. The maximum Gasteiger partial charge on any atom is 0.126 e. The van der Waals surface area contributed by atoms with Crippen molar-refractivity contribution >= 4 is 0 Å². The fourth-order valence-electron chi connectivity index (χ4n) is 0.984. The predicted molar refractivity (Wildman–Crippen MR) is 32.1 cm³/mol. The largest absolute Gasteiger partial charge is 0.374 e. The molecule has 1 unspecified atom stereocenters. The molecule has 0 aromatic carbocycles. The van der Waals surface area contributed by atoms with Gasteiger partial charge in [-0.25, -0.2) is 0 Å². The van der Waals surface area contributed by atoms with Crippen LogP contribution in [0.25, 0.3) is 0 Å². The molecule has 1 rings (SSSR count). The van der Waals surface area contributed by atoms with Crippen LogP contribution in [0.2, 0.25) is 0 Å². The smallest absolute Gasteiger partial charge is 0.126 e. The zero-order chi connectivity index (χ0) is 5.98. The number of hydrogen-bond acceptors (Lipinski definition) is 2. The quantitative estimate of drug-likeness (QED) is 0.536. The summed E-state index contributed by atoms with van der Waals surface area (Å²) in [5.74, 6) is 0. The minimum absolute atomic E-state index is 0.257. The van der Waals surface area contributed by atoms with Crippen molar-refractivity contribution < 1.29 is 5.11 Å². The minimum Gasteiger partial charge on any atom is -0.374 e. The minimum atomic E-state index is -0.257. The number of likely N-dealkylation sites (tertiary alicyclic amines) is 1. The van der Waals surface area contributed by atoms with E-state index in [4.69, 9.17) is 5.11 Å². The van der Waals surface area contributed by atoms with Crippen LogP contribution in [0.5, 0.6) is 0 Å². The zero-order valence-corrected chi connectivity index (χ0v) is 4.88. The standard InChI is InChI=1S/C6H11NO/c1-2-7-5-3-4-6(7)8/h2,6,8H,1,3-5H2. The molecule has 0 aromatic heterocycles. The average Bonchev–Trinajstić information content (AvgIpc) is 2.14. The highest BCUT2D eigenvalue weighted by Gasteiger charge is 2.16. The van der Waals surface area contributed by atoms with Crippen molar-refractivity contribution in [3.05, 3.63) is 12.8 Å². The Hall–Kier alpha value is -0.500. The SMILES string of the molecule is C=CN1CCCC1O. The molecule has 0 radical (unpaired) electrons. The van der Waals surface area contributed by atoms with Gasteiger partial charge in [0.2, 0.25) is 0 Å². The molecule has 0 spiro atoms. The molecular weight excluding hydrogens is 102 g/mol. The molecule has 0 bridgehead atoms. The molecule has 0 aromatic rings. The Labute approximate surface area is 49.4 Å². The Morgan fingerprint density at radius 2 is 2.50 bits per heavy atom. The van der Waals surface area contributed by atoms with E-state index in [9.17, 15) is 0 Å². The summed E-state index contributed by atoms with van der Waals surface area (Å²) in [6.45, 7) is 4.52. The van der Waals surface area contributed by atoms with Crippen molar-refractivity contribution in [2.24, 2.45) is 0 Å². The summed E-state index contributed by atoms with van der Waals surface area (Å²) in [5.41, 5.74) is 0. The van der Waals surface area contributed by atoms with Crippen LogP contribution in [-0.2, 0) is 0 Å². The lowest BCUT2D eigenvalue weighted by Crippen LogP contribution is -2.22. The van der Waals surface area contributed by atoms with E-state index in [1.807, 2.05) is 4.90 Å². The molecule has 8 heavy (non-hydrogen) atoms. The van der Waals surface area contributed by atoms with Gasteiger partial charge in [-0.3, -0.25) is 0 Å². The maximum atomic E-state index is 9.04. The van der Waals surface area contributed by atoms with Crippen molar-refractivity contribution in [1.29, 1.82) is 0 Å². The second-order valence-corrected chi connectivity index (χ2v) is 2.04. The van der Waals surface area contributed by atoms with Gasteiger partial charge in [-0.05, 0) is 19.0 Å². The Bertz CT molecular complexity index is 92.5. The third kappa shape index (κ3) is 0.842. The summed E-state index contributed by atoms with van der Waals surface area (Å²) in [6, 6.07) is 0. The molecule has 0 saturated carbocycles. The summed E-state index contributed by atoms with van der Waals surface area (Å²) >= 11 is 0. The molecule has 1 aliphatic heterocycles. The Morgan fingerprint density at radius 1 is 1.75 bits per heavy atom. The molecule has 1 atom stereocenters. The number of aliphatic hydroxyl groups excluding tert-OH is 1. The number of rotatable bonds is 1. The first-order valence-electron chi connectivity index (χ1n) is 2.91. The van der Waals surface area contributed by atoms with Gasteiger partial charge < -0.3 is 10.0 Å². The van der Waals surface area contributed by atoms with E-state index in [1.165, 1.54) is 0 Å². The molecule has 1 saturated heterocycles. The number of nitrogens with zero attached hydrogens (tertiary/aromatic N) is 1. The third-order valence-electron chi connectivity index (χ3n) is 1.50. The first kappa shape index (κ1) is 5.63. The highest BCUT2D eigenvalue weighted by Crippen LogP contribution is 2.13. The molecule has 2 nitrogen and oxygen atoms in total. The van der Waals surface area contributed by atoms with Gasteiger partial charge in [0.25, 0.3) is 0 Å². The maximum absolute atomic E-state index is 9.04. The van der Waals surface area contributed by atoms with Crippen LogP contribution in [0, 0.1) is 0 Å². The third-order valence-corrected chi connectivity index (χ3v) is 1.50. The van der Waals surface area contributed by atoms with Crippen molar-refractivity contribution in [2.75, 3.05) is 6.54 Å². The van der Waals surface area contributed by atoms with Crippen LogP contribution in [0.15, 0.2) is 12.8 Å². The summed E-state index contributed by atoms with van der Waals surface area (Å²) in [5, 5.41) is 9.04. The Balaban J connectivity index is 2.41. The van der Waals surface area contributed by atoms with Crippen LogP contribution in [-0.4, -0.2) is 22.8 Å². The van der Waals surface area contributed by atoms with Gasteiger partial charge in [-0.15, -0.1) is 0 Å². The van der Waals surface area contributed by atoms with Gasteiger partial charge in [0.05, 0.1) is 0 Å². The Morgan fingerprint density at radius 3 is 2.75 bits per heavy atom. The van der Waals surface area contributed by atoms with E-state index in [1.54, 1.807) is 6.20 Å². The highest BCUT2D eigenvalue weighted by molar-refractivity contribution is 4.78. The van der Waals surface area contributed by atoms with Crippen LogP contribution in [0.1, 0.15) is 12.8 Å². The van der Waals surface area contributed by atoms with Crippen molar-refractivity contribution in [3.63, 3.8) is 0 Å². The van der Waals surface area contributed by atoms with E-state index < -0.39 is 0 Å². The summed E-state index contributed by atoms with van der Waals surface area (Å²) in [6.07, 6.45) is 3.42. The summed E-state index contributed by atoms with van der Waals surface area (Å²) in [7, 11) is 0. The van der Waals surface area contributed by atoms with Crippen LogP contribution >= 0.6 is 0 Å². The molecule has 1 aliphatic rings. The fourth-order valence-corrected chi connectivity index (χ4v) is 0.984. The molecule has 46 valence electrons. The van der Waals surface area contributed by atoms with E-state index in [0.717, 1.165) is 19.4 Å². The van der Waals surface area contributed by atoms with Crippen LogP contribution in [0.3, 0.4) is 0 Å². The van der Waals surface area contributed by atoms with Gasteiger partial charge in [0, 0.05) is 6.54 Å². The van der Waals surface area contributed by atoms with E-state index in [2.05, 4.69) is 6.58 Å². The summed E-state index contributed by atoms with van der Waals surface area (Å²) in [4.78, 5) is 1.85. The fraction of sp³-hybridized carbons (Fsp3) is 0.667. The van der Waals surface area contributed by atoms with Crippen LogP contribution in [0.4, 0.5) is 0 Å². The highest BCUT2D eigenvalue weighted by atomic mass is 16.3. The lowest BCUT2D eigenvalue weighted by Gasteiger charge is -2.15. The first-order chi connectivity index (χ1) is 3.84. The van der Waals surface area contributed by atoms with Gasteiger partial charge in [0.15, 0.2) is 0 Å². The zero-order valence-electron chi connectivity index (χ0n) is 4.88. The lowest BCUT2D eigenvalue weighted by atomic mass is 10.4. The lowest BCUT2D eigenvalue weighted by molar-refractivity contribution is 0.0723. The second kappa shape index (κ2) is 2.18. The van der Waals surface area contributed by atoms with Crippen LogP contribution < -0.4 is 0 Å². The van der Waals surface area contributed by atoms with Crippen molar-refractivity contribution in [2.45, 2.75) is 19.1 Å². The first-order valence-corrected chi connectivity index (χ1v) is 2.91. The number of aliphatic hydroxyl groups is 1. The van der Waals surface area contributed by atoms with E-state index in [-0.39, 0.29) is 6.23 Å². The molecule has 2 heteroatoms. The Kier molecular flexibility index (Phi) is 1.53. The topological polar surface area (TPSA) is 23.5 Å². The number of hydrogen-bond donors (Lipinski definition) is 1. The molecule has 1 N–H and O–H groups in total. The molecule has 1 fully saturated rings. The normalized spacial score (nSPS) is 28.6. The van der Waals surface area contributed by atoms with Gasteiger partial charge >= 0.3 is 0 Å². The van der Waals surface area contributed by atoms with Gasteiger partial charge in [0.1, 0.15) is 6.23 Å². The molecule has 0 aliphatic carbocycles. The second-order valence-electron chi connectivity index (χ2n) is 2.04. The predicted octanol–water partition coefficient (Wildman–Crippen LogP) is 0.544. The van der Waals surface area contributed by atoms with Crippen molar-refractivity contribution in [1.82, 2.24) is 4.90 Å². The molecular formula is C6H11NO. The van der Waals surface area contributed by atoms with E-state index >= 15 is 0 Å². The van der Waals surface area contributed by atoms with Gasteiger partial charge in [-0.2, -0.15) is 0 Å².